The van der Waals surface area contributed by atoms with E-state index in [0.717, 1.165) is 5.76 Å². The summed E-state index contributed by atoms with van der Waals surface area (Å²) in [6, 6.07) is 10.5. The summed E-state index contributed by atoms with van der Waals surface area (Å²) in [4.78, 5) is 0. The van der Waals surface area contributed by atoms with E-state index < -0.39 is 0 Å². The van der Waals surface area contributed by atoms with Gasteiger partial charge >= 0.3 is 7.12 Å². The van der Waals surface area contributed by atoms with Crippen molar-refractivity contribution in [3.63, 3.8) is 0 Å². The van der Waals surface area contributed by atoms with Crippen molar-refractivity contribution in [2.45, 2.75) is 56.9 Å². The summed E-state index contributed by atoms with van der Waals surface area (Å²) < 4.78 is 12.7. The maximum atomic E-state index is 6.43. The molecule has 0 radical (unpaired) electrons. The number of hydrogen-bond donors (Lipinski definition) is 0. The fraction of sp³-hybridized carbons (Fsp3) is 0.556. The largest absolute Gasteiger partial charge is 0.536 e. The topological polar surface area (TPSA) is 18.5 Å². The van der Waals surface area contributed by atoms with Gasteiger partial charge in [0.15, 0.2) is 0 Å². The molecule has 0 N–H and O–H groups in total. The summed E-state index contributed by atoms with van der Waals surface area (Å²) in [5, 5.41) is 0. The van der Waals surface area contributed by atoms with Crippen molar-refractivity contribution < 1.29 is 9.31 Å². The summed E-state index contributed by atoms with van der Waals surface area (Å²) in [7, 11) is -0.0571. The van der Waals surface area contributed by atoms with E-state index in [1.165, 1.54) is 44.1 Å². The third-order valence-corrected chi connectivity index (χ3v) is 5.54. The van der Waals surface area contributed by atoms with Gasteiger partial charge in [0.1, 0.15) is 5.76 Å². The summed E-state index contributed by atoms with van der Waals surface area (Å²) in [6.45, 7) is 2.27. The van der Waals surface area contributed by atoms with E-state index in [1.54, 1.807) is 0 Å². The third kappa shape index (κ3) is 2.42. The Morgan fingerprint density at radius 2 is 1.76 bits per heavy atom. The van der Waals surface area contributed by atoms with Crippen LogP contribution >= 0.6 is 0 Å². The van der Waals surface area contributed by atoms with E-state index >= 15 is 0 Å². The van der Waals surface area contributed by atoms with Crippen molar-refractivity contribution in [3.8, 4) is 0 Å². The molecule has 1 unspecified atom stereocenters. The Labute approximate surface area is 127 Å². The smallest absolute Gasteiger partial charge is 0.529 e. The van der Waals surface area contributed by atoms with E-state index in [4.69, 9.17) is 9.31 Å². The van der Waals surface area contributed by atoms with Crippen molar-refractivity contribution in [3.05, 3.63) is 42.0 Å². The lowest BCUT2D eigenvalue weighted by Gasteiger charge is -2.47. The number of rotatable bonds is 1. The lowest BCUT2D eigenvalue weighted by Crippen LogP contribution is -2.50. The monoisotopic (exact) mass is 282 g/mol. The Balaban J connectivity index is 1.77. The lowest BCUT2D eigenvalue weighted by molar-refractivity contribution is 0.00992. The minimum absolute atomic E-state index is 0.0571. The van der Waals surface area contributed by atoms with Gasteiger partial charge in [-0.25, -0.2) is 0 Å². The molecule has 0 amide bonds. The fourth-order valence-electron chi connectivity index (χ4n) is 4.28. The molecule has 1 atom stereocenters. The zero-order valence-corrected chi connectivity index (χ0v) is 12.8. The standard InChI is InChI=1S/C18H23BO2/c1-18-13-17(14-7-3-2-4-8-14)20-19(21-18)16-11-5-9-15(18)10-6-12-16/h2-4,7-8,13,15-16H,5-6,9-12H2,1H3. The van der Waals surface area contributed by atoms with Crippen LogP contribution in [0.3, 0.4) is 0 Å². The Kier molecular flexibility index (Phi) is 3.33. The second-order valence-electron chi connectivity index (χ2n) is 6.98. The Hall–Kier alpha value is -1.22. The molecule has 0 aromatic heterocycles. The average Bonchev–Trinajstić information content (AvgIpc) is 2.46. The molecule has 3 fully saturated rings. The van der Waals surface area contributed by atoms with Crippen LogP contribution < -0.4 is 0 Å². The van der Waals surface area contributed by atoms with Crippen molar-refractivity contribution in [2.24, 2.45) is 5.92 Å². The molecule has 110 valence electrons. The van der Waals surface area contributed by atoms with Crippen LogP contribution in [0.15, 0.2) is 36.4 Å². The molecule has 1 aromatic carbocycles. The lowest BCUT2D eigenvalue weighted by atomic mass is 9.59. The number of hydrogen-bond acceptors (Lipinski definition) is 2. The average molecular weight is 282 g/mol. The first-order chi connectivity index (χ1) is 10.2. The second-order valence-corrected chi connectivity index (χ2v) is 6.98. The zero-order chi connectivity index (χ0) is 14.3. The molecule has 21 heavy (non-hydrogen) atoms. The molecular weight excluding hydrogens is 259 g/mol. The van der Waals surface area contributed by atoms with Crippen LogP contribution in [-0.2, 0) is 9.31 Å². The van der Waals surface area contributed by atoms with Crippen LogP contribution in [0.4, 0.5) is 0 Å². The Bertz CT molecular complexity index is 531. The highest BCUT2D eigenvalue weighted by molar-refractivity contribution is 6.48. The van der Waals surface area contributed by atoms with Gasteiger partial charge in [0.2, 0.25) is 0 Å². The summed E-state index contributed by atoms with van der Waals surface area (Å²) in [5.74, 6) is 2.20. The van der Waals surface area contributed by atoms with Crippen LogP contribution in [-0.4, -0.2) is 12.7 Å². The van der Waals surface area contributed by atoms with E-state index in [9.17, 15) is 0 Å². The SMILES string of the molecule is CC12C=C(c3ccccc3)OB(O1)C1CCCC2CCC1. The second kappa shape index (κ2) is 5.21. The molecule has 3 aliphatic heterocycles. The molecule has 1 saturated carbocycles. The highest BCUT2D eigenvalue weighted by Crippen LogP contribution is 2.47. The minimum atomic E-state index is -0.160. The highest BCUT2D eigenvalue weighted by Gasteiger charge is 2.48. The first-order valence-corrected chi connectivity index (χ1v) is 8.37. The molecule has 2 nitrogen and oxygen atoms in total. The molecule has 1 aromatic rings. The van der Waals surface area contributed by atoms with Gasteiger partial charge in [-0.1, -0.05) is 56.0 Å². The van der Waals surface area contributed by atoms with E-state index in [0.29, 0.717) is 11.7 Å². The van der Waals surface area contributed by atoms with Crippen LogP contribution in [0.25, 0.3) is 5.76 Å². The minimum Gasteiger partial charge on any atom is -0.536 e. The van der Waals surface area contributed by atoms with Crippen molar-refractivity contribution in [1.82, 2.24) is 0 Å². The van der Waals surface area contributed by atoms with Crippen molar-refractivity contribution in [2.75, 3.05) is 0 Å². The summed E-state index contributed by atoms with van der Waals surface area (Å²) in [6.07, 6.45) is 9.97. The maximum Gasteiger partial charge on any atom is 0.529 e. The predicted molar refractivity (Wildman–Crippen MR) is 85.7 cm³/mol. The van der Waals surface area contributed by atoms with Crippen LogP contribution in [0.1, 0.15) is 51.0 Å². The molecule has 0 spiro atoms. The quantitative estimate of drug-likeness (QED) is 0.696. The summed E-state index contributed by atoms with van der Waals surface area (Å²) in [5.41, 5.74) is 1.02. The normalized spacial score (nSPS) is 35.3. The van der Waals surface area contributed by atoms with Crippen molar-refractivity contribution >= 4 is 12.9 Å². The van der Waals surface area contributed by atoms with Gasteiger partial charge in [0.05, 0.1) is 5.60 Å². The summed E-state index contributed by atoms with van der Waals surface area (Å²) >= 11 is 0. The van der Waals surface area contributed by atoms with Gasteiger partial charge < -0.3 is 9.31 Å². The van der Waals surface area contributed by atoms with Crippen LogP contribution in [0, 0.1) is 5.92 Å². The van der Waals surface area contributed by atoms with Gasteiger partial charge in [0, 0.05) is 11.4 Å². The van der Waals surface area contributed by atoms with E-state index in [1.807, 2.05) is 0 Å². The van der Waals surface area contributed by atoms with Gasteiger partial charge in [0.25, 0.3) is 0 Å². The van der Waals surface area contributed by atoms with Crippen LogP contribution in [0.5, 0.6) is 0 Å². The maximum absolute atomic E-state index is 6.43. The third-order valence-electron chi connectivity index (χ3n) is 5.54. The van der Waals surface area contributed by atoms with E-state index in [2.05, 4.69) is 43.3 Å². The molecule has 2 saturated heterocycles. The van der Waals surface area contributed by atoms with Gasteiger partial charge in [-0.3, -0.25) is 0 Å². The molecule has 3 heteroatoms. The van der Waals surface area contributed by atoms with Gasteiger partial charge in [-0.2, -0.15) is 0 Å². The van der Waals surface area contributed by atoms with Gasteiger partial charge in [-0.15, -0.1) is 0 Å². The van der Waals surface area contributed by atoms with Crippen molar-refractivity contribution in [1.29, 1.82) is 0 Å². The van der Waals surface area contributed by atoms with E-state index in [-0.39, 0.29) is 12.7 Å². The number of fused-ring (bicyclic) bond motifs is 4. The van der Waals surface area contributed by atoms with Crippen LogP contribution in [0.2, 0.25) is 5.82 Å². The van der Waals surface area contributed by atoms with Gasteiger partial charge in [-0.05, 0) is 31.8 Å². The molecule has 3 heterocycles. The molecule has 4 bridgehead atoms. The predicted octanol–water partition coefficient (Wildman–Crippen LogP) is 4.68. The molecule has 1 aliphatic carbocycles. The Morgan fingerprint density at radius 1 is 1.05 bits per heavy atom. The molecular formula is C18H23BO2. The highest BCUT2D eigenvalue weighted by atomic mass is 16.6. The number of benzene rings is 1. The fourth-order valence-corrected chi connectivity index (χ4v) is 4.28. The Morgan fingerprint density at radius 3 is 2.48 bits per heavy atom. The first-order valence-electron chi connectivity index (χ1n) is 8.37. The molecule has 4 aliphatic rings. The molecule has 5 rings (SSSR count). The zero-order valence-electron chi connectivity index (χ0n) is 12.8. The first kappa shape index (κ1) is 13.4.